The molecule has 0 bridgehead atoms. The van der Waals surface area contributed by atoms with Crippen LogP contribution in [0.25, 0.3) is 10.4 Å². The van der Waals surface area contributed by atoms with Crippen molar-refractivity contribution < 1.29 is 9.90 Å². The van der Waals surface area contributed by atoms with Crippen LogP contribution >= 0.6 is 11.3 Å². The van der Waals surface area contributed by atoms with Crippen molar-refractivity contribution in [2.24, 2.45) is 0 Å². The molecular weight excluding hydrogens is 208 g/mol. The number of aryl methyl sites for hydroxylation is 1. The van der Waals surface area contributed by atoms with Crippen molar-refractivity contribution in [1.29, 1.82) is 0 Å². The first kappa shape index (κ1) is 9.93. The Morgan fingerprint density at radius 2 is 1.87 bits per heavy atom. The molecule has 0 atom stereocenters. The molecule has 0 fully saturated rings. The highest BCUT2D eigenvalue weighted by molar-refractivity contribution is 7.13. The van der Waals surface area contributed by atoms with Gasteiger partial charge in [-0.05, 0) is 41.6 Å². The Kier molecular flexibility index (Phi) is 2.56. The van der Waals surface area contributed by atoms with Crippen LogP contribution in [0.5, 0.6) is 0 Å². The van der Waals surface area contributed by atoms with Crippen LogP contribution in [0.2, 0.25) is 0 Å². The summed E-state index contributed by atoms with van der Waals surface area (Å²) in [4.78, 5) is 11.9. The Hall–Kier alpha value is -1.61. The van der Waals surface area contributed by atoms with Crippen molar-refractivity contribution >= 4 is 17.3 Å². The number of carboxylic acids is 1. The highest BCUT2D eigenvalue weighted by atomic mass is 32.1. The third-order valence-corrected chi connectivity index (χ3v) is 3.32. The molecule has 0 aliphatic rings. The fourth-order valence-corrected chi connectivity index (χ4v) is 2.37. The molecule has 0 saturated carbocycles. The minimum absolute atomic E-state index is 0.327. The topological polar surface area (TPSA) is 37.3 Å². The Morgan fingerprint density at radius 3 is 2.33 bits per heavy atom. The van der Waals surface area contributed by atoms with Gasteiger partial charge in [0, 0.05) is 4.88 Å². The van der Waals surface area contributed by atoms with Crippen LogP contribution in [0.4, 0.5) is 0 Å². The van der Waals surface area contributed by atoms with Crippen molar-refractivity contribution in [1.82, 2.24) is 0 Å². The summed E-state index contributed by atoms with van der Waals surface area (Å²) < 4.78 is 0. The number of hydrogen-bond acceptors (Lipinski definition) is 2. The van der Waals surface area contributed by atoms with Gasteiger partial charge >= 0.3 is 5.97 Å². The van der Waals surface area contributed by atoms with E-state index in [1.807, 2.05) is 17.5 Å². The van der Waals surface area contributed by atoms with E-state index in [1.165, 1.54) is 10.4 Å². The van der Waals surface area contributed by atoms with E-state index < -0.39 is 5.97 Å². The maximum Gasteiger partial charge on any atom is 0.335 e. The first-order valence-electron chi connectivity index (χ1n) is 4.56. The predicted octanol–water partition coefficient (Wildman–Crippen LogP) is 3.42. The number of aromatic carboxylic acids is 1. The van der Waals surface area contributed by atoms with E-state index in [2.05, 4.69) is 13.0 Å². The lowest BCUT2D eigenvalue weighted by atomic mass is 10.1. The van der Waals surface area contributed by atoms with Crippen LogP contribution in [-0.4, -0.2) is 11.1 Å². The lowest BCUT2D eigenvalue weighted by Gasteiger charge is -2.00. The molecular formula is C12H10O2S. The molecule has 0 spiro atoms. The Bertz CT molecular complexity index is 483. The number of benzene rings is 1. The third kappa shape index (κ3) is 1.92. The molecule has 0 radical (unpaired) electrons. The molecule has 2 rings (SSSR count). The molecule has 3 heteroatoms. The molecule has 1 heterocycles. The van der Waals surface area contributed by atoms with Crippen molar-refractivity contribution in [3.8, 4) is 10.4 Å². The zero-order chi connectivity index (χ0) is 10.8. The zero-order valence-corrected chi connectivity index (χ0v) is 9.04. The maximum absolute atomic E-state index is 10.7. The first-order chi connectivity index (χ1) is 7.18. The van der Waals surface area contributed by atoms with Crippen LogP contribution in [0.3, 0.4) is 0 Å². The minimum Gasteiger partial charge on any atom is -0.478 e. The quantitative estimate of drug-likeness (QED) is 0.838. The molecule has 0 saturated heterocycles. The molecule has 0 unspecified atom stereocenters. The van der Waals surface area contributed by atoms with Gasteiger partial charge in [0.05, 0.1) is 5.56 Å². The summed E-state index contributed by atoms with van der Waals surface area (Å²) in [7, 11) is 0. The minimum atomic E-state index is -0.885. The molecule has 1 aromatic heterocycles. The SMILES string of the molecule is Cc1ccsc1-c1ccc(C(=O)O)cc1. The standard InChI is InChI=1S/C12H10O2S/c1-8-6-7-15-11(8)9-2-4-10(5-3-9)12(13)14/h2-7H,1H3,(H,13,14). The van der Waals surface area contributed by atoms with Gasteiger partial charge in [-0.1, -0.05) is 12.1 Å². The Morgan fingerprint density at radius 1 is 1.20 bits per heavy atom. The molecule has 0 amide bonds. The van der Waals surface area contributed by atoms with Crippen molar-refractivity contribution in [2.45, 2.75) is 6.92 Å². The lowest BCUT2D eigenvalue weighted by Crippen LogP contribution is -1.94. The van der Waals surface area contributed by atoms with Crippen LogP contribution < -0.4 is 0 Å². The zero-order valence-electron chi connectivity index (χ0n) is 8.23. The lowest BCUT2D eigenvalue weighted by molar-refractivity contribution is 0.0697. The molecule has 15 heavy (non-hydrogen) atoms. The summed E-state index contributed by atoms with van der Waals surface area (Å²) >= 11 is 1.67. The second-order valence-electron chi connectivity index (χ2n) is 3.32. The molecule has 2 aromatic rings. The van der Waals surface area contributed by atoms with Gasteiger partial charge < -0.3 is 5.11 Å². The molecule has 1 N–H and O–H groups in total. The molecule has 0 aliphatic heterocycles. The summed E-state index contributed by atoms with van der Waals surface area (Å²) in [5.74, 6) is -0.885. The fourth-order valence-electron chi connectivity index (χ4n) is 1.43. The van der Waals surface area contributed by atoms with Gasteiger partial charge in [0.15, 0.2) is 0 Å². The average Bonchev–Trinajstić information content (AvgIpc) is 2.65. The number of thiophene rings is 1. The monoisotopic (exact) mass is 218 g/mol. The maximum atomic E-state index is 10.7. The van der Waals surface area contributed by atoms with Gasteiger partial charge in [-0.2, -0.15) is 0 Å². The summed E-state index contributed by atoms with van der Waals surface area (Å²) in [5, 5.41) is 10.8. The van der Waals surface area contributed by atoms with Gasteiger partial charge in [0.2, 0.25) is 0 Å². The van der Waals surface area contributed by atoms with Gasteiger partial charge in [-0.25, -0.2) is 4.79 Å². The molecule has 2 nitrogen and oxygen atoms in total. The van der Waals surface area contributed by atoms with Crippen LogP contribution in [0.15, 0.2) is 35.7 Å². The first-order valence-corrected chi connectivity index (χ1v) is 5.44. The summed E-state index contributed by atoms with van der Waals surface area (Å²) in [6, 6.07) is 9.03. The molecule has 1 aromatic carbocycles. The summed E-state index contributed by atoms with van der Waals surface area (Å²) in [6.45, 7) is 2.05. The van der Waals surface area contributed by atoms with E-state index in [1.54, 1.807) is 23.5 Å². The number of rotatable bonds is 2. The number of carboxylic acid groups (broad SMARTS) is 1. The predicted molar refractivity (Wildman–Crippen MR) is 61.5 cm³/mol. The molecule has 0 aliphatic carbocycles. The van der Waals surface area contributed by atoms with Crippen molar-refractivity contribution in [3.05, 3.63) is 46.8 Å². The van der Waals surface area contributed by atoms with Gasteiger partial charge in [0.25, 0.3) is 0 Å². The fraction of sp³-hybridized carbons (Fsp3) is 0.0833. The van der Waals surface area contributed by atoms with E-state index in [0.717, 1.165) is 5.56 Å². The smallest absolute Gasteiger partial charge is 0.335 e. The van der Waals surface area contributed by atoms with Gasteiger partial charge in [-0.3, -0.25) is 0 Å². The normalized spacial score (nSPS) is 10.2. The van der Waals surface area contributed by atoms with Gasteiger partial charge in [-0.15, -0.1) is 11.3 Å². The highest BCUT2D eigenvalue weighted by Crippen LogP contribution is 2.28. The largest absolute Gasteiger partial charge is 0.478 e. The van der Waals surface area contributed by atoms with E-state index in [0.29, 0.717) is 5.56 Å². The Balaban J connectivity index is 2.40. The van der Waals surface area contributed by atoms with E-state index >= 15 is 0 Å². The summed E-state index contributed by atoms with van der Waals surface area (Å²) in [6.07, 6.45) is 0. The average molecular weight is 218 g/mol. The van der Waals surface area contributed by atoms with E-state index in [9.17, 15) is 4.79 Å². The van der Waals surface area contributed by atoms with E-state index in [-0.39, 0.29) is 0 Å². The van der Waals surface area contributed by atoms with Gasteiger partial charge in [0.1, 0.15) is 0 Å². The van der Waals surface area contributed by atoms with Crippen molar-refractivity contribution in [2.75, 3.05) is 0 Å². The number of carbonyl (C=O) groups is 1. The van der Waals surface area contributed by atoms with E-state index in [4.69, 9.17) is 5.11 Å². The second kappa shape index (κ2) is 3.87. The van der Waals surface area contributed by atoms with Crippen LogP contribution in [0, 0.1) is 6.92 Å². The number of hydrogen-bond donors (Lipinski definition) is 1. The highest BCUT2D eigenvalue weighted by Gasteiger charge is 2.05. The van der Waals surface area contributed by atoms with Crippen LogP contribution in [-0.2, 0) is 0 Å². The molecule has 76 valence electrons. The third-order valence-electron chi connectivity index (χ3n) is 2.26. The summed E-state index contributed by atoms with van der Waals surface area (Å²) in [5.41, 5.74) is 2.63. The second-order valence-corrected chi connectivity index (χ2v) is 4.23. The van der Waals surface area contributed by atoms with Crippen molar-refractivity contribution in [3.63, 3.8) is 0 Å². The van der Waals surface area contributed by atoms with Crippen LogP contribution in [0.1, 0.15) is 15.9 Å². The Labute approximate surface area is 91.8 Å².